The average Bonchev–Trinajstić information content (AvgIpc) is 2.16. The second-order valence-corrected chi connectivity index (χ2v) is 5.30. The van der Waals surface area contributed by atoms with Gasteiger partial charge in [0.15, 0.2) is 0 Å². The fourth-order valence-corrected chi connectivity index (χ4v) is 1.85. The molecule has 0 bridgehead atoms. The van der Waals surface area contributed by atoms with Crippen LogP contribution in [-0.2, 0) is 9.05 Å². The van der Waals surface area contributed by atoms with E-state index in [0.717, 1.165) is 0 Å². The molecule has 0 amide bonds. The Kier molecular flexibility index (Phi) is 3.45. The lowest BCUT2D eigenvalue weighted by molar-refractivity contribution is 0.597. The fourth-order valence-electron chi connectivity index (χ4n) is 0.813. The Bertz CT molecular complexity index is 452. The molecule has 0 aromatic heterocycles. The van der Waals surface area contributed by atoms with Gasteiger partial charge in [-0.2, -0.15) is 0 Å². The molecule has 4 nitrogen and oxygen atoms in total. The van der Waals surface area contributed by atoms with E-state index in [1.54, 1.807) is 0 Å². The van der Waals surface area contributed by atoms with E-state index in [-0.39, 0.29) is 16.4 Å². The summed E-state index contributed by atoms with van der Waals surface area (Å²) in [6.07, 6.45) is 0. The van der Waals surface area contributed by atoms with Crippen LogP contribution in [0.5, 0.6) is 11.5 Å². The van der Waals surface area contributed by atoms with E-state index < -0.39 is 18.5 Å². The smallest absolute Gasteiger partial charge is 0.261 e. The summed E-state index contributed by atoms with van der Waals surface area (Å²) in [6, 6.07) is 3.95. The van der Waals surface area contributed by atoms with Gasteiger partial charge in [0.2, 0.25) is 0 Å². The predicted octanol–water partition coefficient (Wildman–Crippen LogP) is 1.95. The average molecular weight is 275 g/mol. The van der Waals surface area contributed by atoms with E-state index in [0.29, 0.717) is 0 Å². The maximum absolute atomic E-state index is 11.1. The number of halogens is 1. The highest BCUT2D eigenvalue weighted by Crippen LogP contribution is 2.29. The van der Waals surface area contributed by atoms with Gasteiger partial charge in [0.05, 0.1) is 25.1 Å². The first-order valence-corrected chi connectivity index (χ1v) is 6.46. The molecule has 2 unspecified atom stereocenters. The quantitative estimate of drug-likeness (QED) is 0.622. The van der Waals surface area contributed by atoms with Gasteiger partial charge in [-0.1, -0.05) is 0 Å². The molecule has 0 radical (unpaired) electrons. The highest BCUT2D eigenvalue weighted by Gasteiger charge is 2.13. The molecule has 0 aliphatic rings. The summed E-state index contributed by atoms with van der Waals surface area (Å²) in [5.74, 6) is 0.498. The van der Waals surface area contributed by atoms with Crippen LogP contribution in [-0.4, -0.2) is 9.70 Å². The van der Waals surface area contributed by atoms with Gasteiger partial charge >= 0.3 is 0 Å². The molecule has 0 N–H and O–H groups in total. The summed E-state index contributed by atoms with van der Waals surface area (Å²) in [7, 11) is 2.78. The Morgan fingerprint density at radius 3 is 2.29 bits per heavy atom. The molecular weight excluding hydrogens is 266 g/mol. The fraction of sp³-hybridized carbons (Fsp3) is 0. The molecule has 8 heteroatoms. The van der Waals surface area contributed by atoms with E-state index in [4.69, 9.17) is 21.0 Å². The largest absolute Gasteiger partial charge is 0.480 e. The maximum atomic E-state index is 11.1. The van der Waals surface area contributed by atoms with E-state index in [9.17, 15) is 8.42 Å². The topological polar surface area (TPSA) is 52.6 Å². The zero-order valence-corrected chi connectivity index (χ0v) is 10.5. The third-order valence-corrected chi connectivity index (χ3v) is 3.23. The standard InChI is InChI=1S/C6H7ClO4P2S/c7-14(8,9)6-2-4(10-12)1-5(3-6)11-13/h1-3H,12-13H2/i12T. The molecule has 0 aliphatic heterocycles. The van der Waals surface area contributed by atoms with Crippen LogP contribution in [0.2, 0.25) is 0 Å². The van der Waals surface area contributed by atoms with Gasteiger partial charge in [-0.05, 0) is 0 Å². The van der Waals surface area contributed by atoms with Crippen molar-refractivity contribution in [3.05, 3.63) is 18.2 Å². The van der Waals surface area contributed by atoms with Crippen LogP contribution in [0.15, 0.2) is 23.1 Å². The van der Waals surface area contributed by atoms with Crippen molar-refractivity contribution in [3.63, 3.8) is 0 Å². The van der Waals surface area contributed by atoms with Gasteiger partial charge in [-0.15, -0.1) is 0 Å². The molecule has 0 heterocycles. The molecule has 0 spiro atoms. The normalized spacial score (nSPS) is 12.9. The number of hydrogen-bond donors (Lipinski definition) is 0. The van der Waals surface area contributed by atoms with Crippen molar-refractivity contribution in [2.45, 2.75) is 4.90 Å². The summed E-state index contributed by atoms with van der Waals surface area (Å²) in [4.78, 5) is -0.127. The van der Waals surface area contributed by atoms with E-state index in [2.05, 4.69) is 0 Å². The summed E-state index contributed by atoms with van der Waals surface area (Å²) in [6.45, 7) is 0. The van der Waals surface area contributed by atoms with Gasteiger partial charge in [0, 0.05) is 28.9 Å². The molecule has 0 aliphatic carbocycles. The van der Waals surface area contributed by atoms with E-state index in [1.165, 1.54) is 18.2 Å². The van der Waals surface area contributed by atoms with Crippen molar-refractivity contribution in [3.8, 4) is 11.5 Å². The molecule has 0 saturated heterocycles. The molecule has 78 valence electrons. The Morgan fingerprint density at radius 2 is 1.86 bits per heavy atom. The van der Waals surface area contributed by atoms with Crippen LogP contribution in [0.3, 0.4) is 0 Å². The minimum absolute atomic E-state index is 0.127. The van der Waals surface area contributed by atoms with Crippen molar-refractivity contribution in [1.29, 1.82) is 1.28 Å². The zero-order valence-electron chi connectivity index (χ0n) is 7.73. The third-order valence-electron chi connectivity index (χ3n) is 1.39. The number of benzene rings is 1. The van der Waals surface area contributed by atoms with Crippen molar-refractivity contribution < 1.29 is 17.5 Å². The lowest BCUT2D eigenvalue weighted by atomic mass is 10.3. The Labute approximate surface area is 92.2 Å². The first-order chi connectivity index (χ1) is 6.97. The zero-order chi connectivity index (χ0) is 11.5. The predicted molar refractivity (Wildman–Crippen MR) is 60.2 cm³/mol. The van der Waals surface area contributed by atoms with Crippen LogP contribution < -0.4 is 9.05 Å². The van der Waals surface area contributed by atoms with E-state index in [1.807, 2.05) is 9.47 Å². The summed E-state index contributed by atoms with van der Waals surface area (Å²) in [5.41, 5.74) is 0. The lowest BCUT2D eigenvalue weighted by Gasteiger charge is -2.05. The van der Waals surface area contributed by atoms with E-state index >= 15 is 0 Å². The SMILES string of the molecule is [3H]POc1cc(OP)cc(S(=O)(=O)Cl)c1. The monoisotopic (exact) mass is 274 g/mol. The van der Waals surface area contributed by atoms with Crippen LogP contribution in [0.25, 0.3) is 0 Å². The van der Waals surface area contributed by atoms with Gasteiger partial charge in [-0.25, -0.2) is 8.42 Å². The molecule has 1 aromatic rings. The first kappa shape index (κ1) is 10.4. The third kappa shape index (κ3) is 2.96. The molecule has 0 fully saturated rings. The second kappa shape index (κ2) is 4.63. The second-order valence-electron chi connectivity index (χ2n) is 2.30. The Balaban J connectivity index is 3.23. The molecule has 0 saturated carbocycles. The highest BCUT2D eigenvalue weighted by molar-refractivity contribution is 8.13. The Morgan fingerprint density at radius 1 is 1.29 bits per heavy atom. The summed E-state index contributed by atoms with van der Waals surface area (Å²) < 4.78 is 38.7. The number of rotatable bonds is 4. The Hall–Kier alpha value is -0.0800. The summed E-state index contributed by atoms with van der Waals surface area (Å²) >= 11 is 0. The minimum Gasteiger partial charge on any atom is -0.480 e. The number of hydrogen-bond acceptors (Lipinski definition) is 4. The molecule has 2 atom stereocenters. The van der Waals surface area contributed by atoms with Crippen LogP contribution >= 0.6 is 29.6 Å². The minimum atomic E-state index is -3.83. The van der Waals surface area contributed by atoms with Gasteiger partial charge < -0.3 is 9.05 Å². The molecular formula is C6H7ClO4P2S. The maximum Gasteiger partial charge on any atom is 0.261 e. The lowest BCUT2D eigenvalue weighted by Crippen LogP contribution is -1.91. The van der Waals surface area contributed by atoms with Crippen molar-refractivity contribution in [2.24, 2.45) is 0 Å². The highest BCUT2D eigenvalue weighted by atomic mass is 35.7. The molecule has 1 aromatic carbocycles. The van der Waals surface area contributed by atoms with Crippen molar-refractivity contribution in [1.82, 2.24) is 0 Å². The first-order valence-electron chi connectivity index (χ1n) is 3.77. The van der Waals surface area contributed by atoms with Gasteiger partial charge in [0.1, 0.15) is 11.5 Å². The van der Waals surface area contributed by atoms with Crippen LogP contribution in [0.4, 0.5) is 0 Å². The van der Waals surface area contributed by atoms with Crippen LogP contribution in [0, 0.1) is 0 Å². The molecule has 1 rings (SSSR count). The van der Waals surface area contributed by atoms with Crippen molar-refractivity contribution in [2.75, 3.05) is 0 Å². The van der Waals surface area contributed by atoms with Gasteiger partial charge in [0.25, 0.3) is 9.05 Å². The van der Waals surface area contributed by atoms with Crippen molar-refractivity contribution >= 4 is 38.6 Å². The summed E-state index contributed by atoms with van der Waals surface area (Å²) in [5, 5.41) is 0. The van der Waals surface area contributed by atoms with Gasteiger partial charge in [-0.3, -0.25) is 0 Å². The molecule has 14 heavy (non-hydrogen) atoms. The van der Waals surface area contributed by atoms with Crippen LogP contribution in [0.1, 0.15) is 0 Å².